The molecule has 10 heteroatoms. The summed E-state index contributed by atoms with van der Waals surface area (Å²) in [6.07, 6.45) is 1.09. The number of Topliss-reactive ketones (excluding diaryl/α,β-unsaturated/α-hetero) is 1. The van der Waals surface area contributed by atoms with E-state index in [0.717, 1.165) is 11.6 Å². The van der Waals surface area contributed by atoms with Crippen LogP contribution in [0.5, 0.6) is 0 Å². The molecule has 2 aromatic rings. The molecule has 1 aromatic carbocycles. The Morgan fingerprint density at radius 2 is 2.06 bits per heavy atom. The van der Waals surface area contributed by atoms with Gasteiger partial charge >= 0.3 is 0 Å². The minimum absolute atomic E-state index is 0.0177. The SMILES string of the molecule is CC1(C)C(N)=N[C@@]2(COCc3ccc(CC(=O)c4ncc(Cl)cc4F)cc32)CS1(=O)=O. The number of ether oxygens (including phenoxy) is 1. The van der Waals surface area contributed by atoms with Gasteiger partial charge < -0.3 is 10.5 Å². The van der Waals surface area contributed by atoms with E-state index in [1.807, 2.05) is 0 Å². The van der Waals surface area contributed by atoms with Crippen molar-refractivity contribution >= 4 is 33.1 Å². The first-order chi connectivity index (χ1) is 14.4. The van der Waals surface area contributed by atoms with E-state index >= 15 is 0 Å². The summed E-state index contributed by atoms with van der Waals surface area (Å²) >= 11 is 5.70. The zero-order valence-electron chi connectivity index (χ0n) is 17.0. The minimum Gasteiger partial charge on any atom is -0.386 e. The number of amidine groups is 1. The molecule has 1 aromatic heterocycles. The number of nitrogens with zero attached hydrogens (tertiary/aromatic N) is 2. The van der Waals surface area contributed by atoms with Gasteiger partial charge in [0.25, 0.3) is 0 Å². The Balaban J connectivity index is 1.74. The molecule has 0 aliphatic carbocycles. The second-order valence-corrected chi connectivity index (χ2v) is 11.3. The monoisotopic (exact) mass is 465 g/mol. The van der Waals surface area contributed by atoms with E-state index in [-0.39, 0.29) is 41.9 Å². The van der Waals surface area contributed by atoms with Crippen LogP contribution in [0.1, 0.15) is 41.0 Å². The number of rotatable bonds is 3. The number of sulfone groups is 1. The lowest BCUT2D eigenvalue weighted by molar-refractivity contribution is 0.0609. The molecule has 3 heterocycles. The molecule has 0 bridgehead atoms. The lowest BCUT2D eigenvalue weighted by Gasteiger charge is -2.42. The summed E-state index contributed by atoms with van der Waals surface area (Å²) in [6, 6.07) is 6.26. The maximum atomic E-state index is 14.1. The number of ketones is 1. The number of pyridine rings is 1. The molecular formula is C21H21ClFN3O4S. The molecule has 2 aliphatic rings. The molecule has 1 atom stereocenters. The minimum atomic E-state index is -3.62. The third kappa shape index (κ3) is 3.64. The van der Waals surface area contributed by atoms with E-state index in [0.29, 0.717) is 11.1 Å². The van der Waals surface area contributed by atoms with Crippen LogP contribution in [0.4, 0.5) is 4.39 Å². The predicted molar refractivity (Wildman–Crippen MR) is 115 cm³/mol. The second kappa shape index (κ2) is 7.36. The van der Waals surface area contributed by atoms with E-state index in [2.05, 4.69) is 9.98 Å². The van der Waals surface area contributed by atoms with Crippen LogP contribution >= 0.6 is 11.6 Å². The fraction of sp³-hybridized carbons (Fsp3) is 0.381. The average molecular weight is 466 g/mol. The van der Waals surface area contributed by atoms with Gasteiger partial charge in [-0.1, -0.05) is 29.8 Å². The maximum absolute atomic E-state index is 14.1. The predicted octanol–water partition coefficient (Wildman–Crippen LogP) is 2.59. The molecular weight excluding hydrogens is 445 g/mol. The third-order valence-electron chi connectivity index (χ3n) is 5.87. The van der Waals surface area contributed by atoms with E-state index in [1.54, 1.807) is 18.2 Å². The highest BCUT2D eigenvalue weighted by Gasteiger charge is 2.52. The fourth-order valence-corrected chi connectivity index (χ4v) is 5.65. The summed E-state index contributed by atoms with van der Waals surface area (Å²) in [4.78, 5) is 21.0. The van der Waals surface area contributed by atoms with Gasteiger partial charge in [-0.15, -0.1) is 0 Å². The first-order valence-electron chi connectivity index (χ1n) is 9.58. The molecule has 4 rings (SSSR count). The van der Waals surface area contributed by atoms with E-state index in [1.165, 1.54) is 20.0 Å². The molecule has 0 saturated heterocycles. The van der Waals surface area contributed by atoms with Gasteiger partial charge in [0.05, 0.1) is 24.0 Å². The number of hydrogen-bond donors (Lipinski definition) is 1. The molecule has 0 fully saturated rings. The molecule has 0 unspecified atom stereocenters. The van der Waals surface area contributed by atoms with Crippen molar-refractivity contribution in [3.05, 3.63) is 63.7 Å². The van der Waals surface area contributed by atoms with Crippen molar-refractivity contribution in [1.29, 1.82) is 0 Å². The van der Waals surface area contributed by atoms with Crippen LogP contribution in [-0.2, 0) is 33.1 Å². The Morgan fingerprint density at radius 3 is 2.74 bits per heavy atom. The topological polar surface area (TPSA) is 112 Å². The molecule has 2 N–H and O–H groups in total. The molecule has 7 nitrogen and oxygen atoms in total. The van der Waals surface area contributed by atoms with Crippen molar-refractivity contribution in [3.63, 3.8) is 0 Å². The van der Waals surface area contributed by atoms with Crippen LogP contribution in [-0.4, -0.2) is 42.1 Å². The summed E-state index contributed by atoms with van der Waals surface area (Å²) in [5.74, 6) is -1.55. The van der Waals surface area contributed by atoms with Gasteiger partial charge in [-0.3, -0.25) is 9.79 Å². The molecule has 31 heavy (non-hydrogen) atoms. The van der Waals surface area contributed by atoms with Gasteiger partial charge in [0.1, 0.15) is 21.8 Å². The number of aromatic nitrogens is 1. The van der Waals surface area contributed by atoms with Gasteiger partial charge in [-0.25, -0.2) is 17.8 Å². The smallest absolute Gasteiger partial charge is 0.188 e. The summed E-state index contributed by atoms with van der Waals surface area (Å²) < 4.78 is 44.4. The first-order valence-corrected chi connectivity index (χ1v) is 11.6. The van der Waals surface area contributed by atoms with Crippen LogP contribution in [0.15, 0.2) is 35.5 Å². The first kappa shape index (κ1) is 21.9. The number of hydrogen-bond acceptors (Lipinski definition) is 7. The number of fused-ring (bicyclic) bond motifs is 2. The number of carbonyl (C=O) groups excluding carboxylic acids is 1. The van der Waals surface area contributed by atoms with E-state index < -0.39 is 31.7 Å². The van der Waals surface area contributed by atoms with Crippen LogP contribution in [0.2, 0.25) is 5.02 Å². The van der Waals surface area contributed by atoms with Crippen LogP contribution in [0, 0.1) is 5.82 Å². The number of aliphatic imine (C=N–C) groups is 1. The number of carbonyl (C=O) groups is 1. The van der Waals surface area contributed by atoms with Crippen LogP contribution < -0.4 is 5.73 Å². The highest BCUT2D eigenvalue weighted by molar-refractivity contribution is 7.93. The zero-order valence-corrected chi connectivity index (χ0v) is 18.6. The molecule has 0 amide bonds. The Bertz CT molecular complexity index is 1230. The van der Waals surface area contributed by atoms with Gasteiger partial charge in [0.15, 0.2) is 21.4 Å². The Morgan fingerprint density at radius 1 is 1.32 bits per heavy atom. The van der Waals surface area contributed by atoms with Crippen molar-refractivity contribution in [2.75, 3.05) is 12.4 Å². The number of halogens is 2. The van der Waals surface area contributed by atoms with Gasteiger partial charge in [0.2, 0.25) is 0 Å². The van der Waals surface area contributed by atoms with Crippen molar-refractivity contribution in [2.24, 2.45) is 10.7 Å². The highest BCUT2D eigenvalue weighted by Crippen LogP contribution is 2.41. The van der Waals surface area contributed by atoms with Gasteiger partial charge in [0, 0.05) is 12.6 Å². The van der Waals surface area contributed by atoms with Crippen molar-refractivity contribution in [1.82, 2.24) is 4.98 Å². The van der Waals surface area contributed by atoms with Crippen LogP contribution in [0.25, 0.3) is 0 Å². The lowest BCUT2D eigenvalue weighted by Crippen LogP contribution is -2.57. The summed E-state index contributed by atoms with van der Waals surface area (Å²) in [7, 11) is -3.62. The second-order valence-electron chi connectivity index (χ2n) is 8.37. The van der Waals surface area contributed by atoms with E-state index in [4.69, 9.17) is 22.1 Å². The fourth-order valence-electron chi connectivity index (χ4n) is 3.85. The van der Waals surface area contributed by atoms with Gasteiger partial charge in [-0.05, 0) is 36.6 Å². The van der Waals surface area contributed by atoms with Crippen molar-refractivity contribution in [2.45, 2.75) is 37.2 Å². The Hall–Kier alpha value is -2.36. The summed E-state index contributed by atoms with van der Waals surface area (Å²) in [5, 5.41) is 0.0988. The molecule has 2 aliphatic heterocycles. The molecule has 0 saturated carbocycles. The Labute approximate surface area is 184 Å². The molecule has 164 valence electrons. The normalized spacial score (nSPS) is 23.8. The molecule has 1 spiro atoms. The summed E-state index contributed by atoms with van der Waals surface area (Å²) in [5.41, 5.74) is 6.59. The lowest BCUT2D eigenvalue weighted by atomic mass is 9.85. The number of benzene rings is 1. The zero-order chi connectivity index (χ0) is 22.6. The summed E-state index contributed by atoms with van der Waals surface area (Å²) in [6.45, 7) is 3.40. The largest absolute Gasteiger partial charge is 0.386 e. The van der Waals surface area contributed by atoms with Crippen LogP contribution in [0.3, 0.4) is 0 Å². The third-order valence-corrected chi connectivity index (χ3v) is 8.70. The van der Waals surface area contributed by atoms with E-state index in [9.17, 15) is 17.6 Å². The highest BCUT2D eigenvalue weighted by atomic mass is 35.5. The standard InChI is InChI=1S/C21H21ClFN3O4S/c1-20(2)19(24)26-21(11-31(20,28)29)10-30-9-13-4-3-12(5-15(13)21)6-17(27)18-16(23)7-14(22)8-25-18/h3-5,7-8H,6,9-11H2,1-2H3,(H2,24,26)/t21-/m0/s1. The quantitative estimate of drug-likeness (QED) is 0.697. The Kier molecular flexibility index (Phi) is 5.19. The average Bonchev–Trinajstić information content (AvgIpc) is 2.67. The van der Waals surface area contributed by atoms with Crippen molar-refractivity contribution in [3.8, 4) is 0 Å². The van der Waals surface area contributed by atoms with Gasteiger partial charge in [-0.2, -0.15) is 0 Å². The van der Waals surface area contributed by atoms with Crippen molar-refractivity contribution < 1.29 is 22.3 Å². The molecule has 0 radical (unpaired) electrons. The number of nitrogens with two attached hydrogens (primary N) is 1. The maximum Gasteiger partial charge on any atom is 0.188 e.